The lowest BCUT2D eigenvalue weighted by atomic mass is 10.0. The number of carbonyl (C=O) groups excluding carboxylic acids is 1. The van der Waals surface area contributed by atoms with E-state index in [2.05, 4.69) is 15.9 Å². The van der Waals surface area contributed by atoms with Crippen LogP contribution in [0, 0.1) is 17.5 Å². The average Bonchev–Trinajstić information content (AvgIpc) is 2.31. The van der Waals surface area contributed by atoms with Crippen LogP contribution in [0.25, 0.3) is 0 Å². The predicted molar refractivity (Wildman–Crippen MR) is 72.9 cm³/mol. The van der Waals surface area contributed by atoms with Crippen molar-refractivity contribution in [2.24, 2.45) is 0 Å². The van der Waals surface area contributed by atoms with Gasteiger partial charge in [0.05, 0.1) is 0 Å². The molecule has 104 valence electrons. The Morgan fingerprint density at radius 2 is 1.60 bits per heavy atom. The zero-order valence-corrected chi connectivity index (χ0v) is 11.9. The van der Waals surface area contributed by atoms with Crippen LogP contribution in [0.5, 0.6) is 0 Å². The van der Waals surface area contributed by atoms with Crippen molar-refractivity contribution in [3.05, 3.63) is 69.4 Å². The Balaban J connectivity index is 2.09. The Bertz CT molecular complexity index is 635. The fraction of sp³-hybridized carbons (Fsp3) is 0.133. The Hall–Kier alpha value is -1.62. The van der Waals surface area contributed by atoms with Crippen LogP contribution in [0.3, 0.4) is 0 Å². The molecule has 0 saturated heterocycles. The van der Waals surface area contributed by atoms with E-state index in [0.29, 0.717) is 4.47 Å². The number of halogens is 4. The summed E-state index contributed by atoms with van der Waals surface area (Å²) in [6.45, 7) is 0. The molecule has 0 N–H and O–H groups in total. The van der Waals surface area contributed by atoms with E-state index in [1.807, 2.05) is 0 Å². The standard InChI is InChI=1S/C15H10BrF3O/c16-11-2-1-10(15(19)7-11)6-14(20)5-9-3-12(17)8-13(18)4-9/h1-4,7-8H,5-6H2. The molecular weight excluding hydrogens is 333 g/mol. The van der Waals surface area contributed by atoms with Crippen molar-refractivity contribution in [2.75, 3.05) is 0 Å². The van der Waals surface area contributed by atoms with Gasteiger partial charge >= 0.3 is 0 Å². The minimum Gasteiger partial charge on any atom is -0.299 e. The lowest BCUT2D eigenvalue weighted by Gasteiger charge is -2.04. The molecule has 0 aromatic heterocycles. The summed E-state index contributed by atoms with van der Waals surface area (Å²) in [7, 11) is 0. The van der Waals surface area contributed by atoms with Gasteiger partial charge in [0.25, 0.3) is 0 Å². The van der Waals surface area contributed by atoms with E-state index in [1.165, 1.54) is 12.1 Å². The van der Waals surface area contributed by atoms with E-state index in [0.717, 1.165) is 18.2 Å². The van der Waals surface area contributed by atoms with Crippen LogP contribution in [0.4, 0.5) is 13.2 Å². The maximum absolute atomic E-state index is 13.6. The number of ketones is 1. The second kappa shape index (κ2) is 6.22. The van der Waals surface area contributed by atoms with Gasteiger partial charge in [-0.3, -0.25) is 4.79 Å². The molecule has 2 aromatic carbocycles. The molecule has 20 heavy (non-hydrogen) atoms. The highest BCUT2D eigenvalue weighted by atomic mass is 79.9. The van der Waals surface area contributed by atoms with Gasteiger partial charge in [0.1, 0.15) is 23.2 Å². The van der Waals surface area contributed by atoms with Crippen LogP contribution in [0.15, 0.2) is 40.9 Å². The van der Waals surface area contributed by atoms with Gasteiger partial charge in [-0.05, 0) is 35.4 Å². The van der Waals surface area contributed by atoms with Crippen LogP contribution in [0.1, 0.15) is 11.1 Å². The minimum atomic E-state index is -0.734. The van der Waals surface area contributed by atoms with Gasteiger partial charge in [-0.15, -0.1) is 0 Å². The third-order valence-electron chi connectivity index (χ3n) is 2.73. The Morgan fingerprint density at radius 3 is 2.20 bits per heavy atom. The van der Waals surface area contributed by atoms with Gasteiger partial charge in [0.2, 0.25) is 0 Å². The minimum absolute atomic E-state index is 0.114. The maximum Gasteiger partial charge on any atom is 0.141 e. The molecule has 0 fully saturated rings. The molecule has 0 bridgehead atoms. The predicted octanol–water partition coefficient (Wildman–Crippen LogP) is 4.22. The second-order valence-corrected chi connectivity index (χ2v) is 5.32. The first-order valence-electron chi connectivity index (χ1n) is 5.84. The number of hydrogen-bond acceptors (Lipinski definition) is 1. The molecule has 0 radical (unpaired) electrons. The molecule has 0 heterocycles. The molecular formula is C15H10BrF3O. The molecule has 0 aliphatic carbocycles. The monoisotopic (exact) mass is 342 g/mol. The molecule has 0 unspecified atom stereocenters. The zero-order chi connectivity index (χ0) is 14.7. The molecule has 0 saturated carbocycles. The molecule has 2 aromatic rings. The third kappa shape index (κ3) is 3.93. The van der Waals surface area contributed by atoms with E-state index in [1.54, 1.807) is 6.07 Å². The van der Waals surface area contributed by atoms with Gasteiger partial charge in [0.15, 0.2) is 0 Å². The molecule has 0 aliphatic rings. The van der Waals surface area contributed by atoms with Gasteiger partial charge in [-0.25, -0.2) is 13.2 Å². The topological polar surface area (TPSA) is 17.1 Å². The molecule has 0 atom stereocenters. The van der Waals surface area contributed by atoms with Crippen molar-refractivity contribution in [1.82, 2.24) is 0 Å². The van der Waals surface area contributed by atoms with E-state index in [4.69, 9.17) is 0 Å². The summed E-state index contributed by atoms with van der Waals surface area (Å²) >= 11 is 3.12. The van der Waals surface area contributed by atoms with Crippen LogP contribution in [-0.2, 0) is 17.6 Å². The van der Waals surface area contributed by atoms with Gasteiger partial charge in [-0.1, -0.05) is 22.0 Å². The SMILES string of the molecule is O=C(Cc1cc(F)cc(F)c1)Cc1ccc(Br)cc1F. The van der Waals surface area contributed by atoms with Crippen LogP contribution in [0.2, 0.25) is 0 Å². The molecule has 0 spiro atoms. The lowest BCUT2D eigenvalue weighted by molar-refractivity contribution is -0.117. The lowest BCUT2D eigenvalue weighted by Crippen LogP contribution is -2.08. The third-order valence-corrected chi connectivity index (χ3v) is 3.22. The summed E-state index contributed by atoms with van der Waals surface area (Å²) in [5.74, 6) is -2.26. The van der Waals surface area contributed by atoms with E-state index >= 15 is 0 Å². The van der Waals surface area contributed by atoms with Crippen LogP contribution < -0.4 is 0 Å². The van der Waals surface area contributed by atoms with Crippen LogP contribution in [-0.4, -0.2) is 5.78 Å². The normalized spacial score (nSPS) is 10.6. The summed E-state index contributed by atoms with van der Waals surface area (Å²) in [5, 5.41) is 0. The highest BCUT2D eigenvalue weighted by Crippen LogP contribution is 2.17. The number of carbonyl (C=O) groups is 1. The largest absolute Gasteiger partial charge is 0.299 e. The Morgan fingerprint density at radius 1 is 0.950 bits per heavy atom. The van der Waals surface area contributed by atoms with Crippen molar-refractivity contribution < 1.29 is 18.0 Å². The fourth-order valence-electron chi connectivity index (χ4n) is 1.88. The smallest absolute Gasteiger partial charge is 0.141 e. The van der Waals surface area contributed by atoms with Crippen molar-refractivity contribution >= 4 is 21.7 Å². The molecule has 0 amide bonds. The van der Waals surface area contributed by atoms with E-state index in [9.17, 15) is 18.0 Å². The first-order chi connectivity index (χ1) is 9.44. The Kier molecular flexibility index (Phi) is 4.60. The van der Waals surface area contributed by atoms with Gasteiger partial charge in [0, 0.05) is 23.4 Å². The average molecular weight is 343 g/mol. The number of benzene rings is 2. The molecule has 1 nitrogen and oxygen atoms in total. The molecule has 0 aliphatic heterocycles. The summed E-state index contributed by atoms with van der Waals surface area (Å²) < 4.78 is 40.2. The molecule has 2 rings (SSSR count). The zero-order valence-electron chi connectivity index (χ0n) is 10.3. The maximum atomic E-state index is 13.6. The van der Waals surface area contributed by atoms with Gasteiger partial charge in [-0.2, -0.15) is 0 Å². The summed E-state index contributed by atoms with van der Waals surface area (Å²) in [6, 6.07) is 7.34. The number of Topliss-reactive ketones (excluding diaryl/α,β-unsaturated/α-hetero) is 1. The Labute approximate surface area is 122 Å². The van der Waals surface area contributed by atoms with Crippen LogP contribution >= 0.6 is 15.9 Å². The van der Waals surface area contributed by atoms with Crippen molar-refractivity contribution in [1.29, 1.82) is 0 Å². The number of rotatable bonds is 4. The second-order valence-electron chi connectivity index (χ2n) is 4.41. The van der Waals surface area contributed by atoms with E-state index in [-0.39, 0.29) is 29.8 Å². The fourth-order valence-corrected chi connectivity index (χ4v) is 2.21. The summed E-state index contributed by atoms with van der Waals surface area (Å²) in [4.78, 5) is 11.8. The summed E-state index contributed by atoms with van der Waals surface area (Å²) in [6.07, 6.45) is -0.249. The quantitative estimate of drug-likeness (QED) is 0.812. The van der Waals surface area contributed by atoms with Crippen molar-refractivity contribution in [3.8, 4) is 0 Å². The van der Waals surface area contributed by atoms with Crippen molar-refractivity contribution in [3.63, 3.8) is 0 Å². The van der Waals surface area contributed by atoms with Crippen molar-refractivity contribution in [2.45, 2.75) is 12.8 Å². The highest BCUT2D eigenvalue weighted by molar-refractivity contribution is 9.10. The highest BCUT2D eigenvalue weighted by Gasteiger charge is 2.11. The van der Waals surface area contributed by atoms with Gasteiger partial charge < -0.3 is 0 Å². The summed E-state index contributed by atoms with van der Waals surface area (Å²) in [5.41, 5.74) is 0.500. The molecule has 5 heteroatoms. The first kappa shape index (κ1) is 14.8. The van der Waals surface area contributed by atoms with E-state index < -0.39 is 17.5 Å². The number of hydrogen-bond donors (Lipinski definition) is 0. The first-order valence-corrected chi connectivity index (χ1v) is 6.64.